The molecule has 4 heterocycles. The number of hydrogen-bond acceptors (Lipinski definition) is 5. The minimum absolute atomic E-state index is 0.0865. The van der Waals surface area contributed by atoms with Crippen molar-refractivity contribution in [2.45, 2.75) is 58.8 Å². The van der Waals surface area contributed by atoms with Gasteiger partial charge in [-0.3, -0.25) is 14.4 Å². The molecule has 1 amide bonds. The van der Waals surface area contributed by atoms with Gasteiger partial charge in [-0.25, -0.2) is 4.98 Å². The molecular weight excluding hydrogens is 354 g/mol. The van der Waals surface area contributed by atoms with Crippen LogP contribution in [0.1, 0.15) is 52.9 Å². The molecule has 1 atom stereocenters. The summed E-state index contributed by atoms with van der Waals surface area (Å²) in [5.41, 5.74) is 5.07. The summed E-state index contributed by atoms with van der Waals surface area (Å²) in [4.78, 5) is 19.3. The summed E-state index contributed by atoms with van der Waals surface area (Å²) in [7, 11) is 0. The number of piperidine rings is 1. The third kappa shape index (κ3) is 4.10. The van der Waals surface area contributed by atoms with Gasteiger partial charge < -0.3 is 10.1 Å². The van der Waals surface area contributed by atoms with E-state index >= 15 is 0 Å². The zero-order chi connectivity index (χ0) is 19.5. The molecule has 2 aromatic rings. The van der Waals surface area contributed by atoms with Crippen LogP contribution in [0.2, 0.25) is 0 Å². The van der Waals surface area contributed by atoms with Gasteiger partial charge in [-0.15, -0.1) is 0 Å². The zero-order valence-corrected chi connectivity index (χ0v) is 16.8. The number of hydrogen-bond donors (Lipinski definition) is 1. The van der Waals surface area contributed by atoms with Gasteiger partial charge >= 0.3 is 0 Å². The summed E-state index contributed by atoms with van der Waals surface area (Å²) < 4.78 is 7.80. The van der Waals surface area contributed by atoms with Crippen LogP contribution in [0.15, 0.2) is 18.2 Å². The molecule has 2 aliphatic heterocycles. The average Bonchev–Trinajstić information content (AvgIpc) is 3.06. The van der Waals surface area contributed by atoms with Gasteiger partial charge in [0.2, 0.25) is 0 Å². The number of nitrogens with zero attached hydrogens (tertiary/aromatic N) is 4. The number of pyridine rings is 1. The van der Waals surface area contributed by atoms with E-state index in [2.05, 4.69) is 26.8 Å². The number of carbonyl (C=O) groups is 1. The van der Waals surface area contributed by atoms with E-state index in [1.54, 1.807) is 6.07 Å². The summed E-state index contributed by atoms with van der Waals surface area (Å²) in [6.07, 6.45) is 3.01. The highest BCUT2D eigenvalue weighted by molar-refractivity contribution is 5.92. The Morgan fingerprint density at radius 3 is 3.11 bits per heavy atom. The number of aromatic nitrogens is 3. The molecule has 0 spiro atoms. The fourth-order valence-electron chi connectivity index (χ4n) is 4.22. The number of ether oxygens (including phenoxy) is 1. The first kappa shape index (κ1) is 19.1. The Labute approximate surface area is 166 Å². The maximum Gasteiger partial charge on any atom is 0.270 e. The van der Waals surface area contributed by atoms with Crippen LogP contribution < -0.4 is 5.32 Å². The highest BCUT2D eigenvalue weighted by atomic mass is 16.5. The van der Waals surface area contributed by atoms with Gasteiger partial charge in [0.25, 0.3) is 5.91 Å². The Morgan fingerprint density at radius 1 is 1.39 bits per heavy atom. The van der Waals surface area contributed by atoms with Crippen LogP contribution in [0.3, 0.4) is 0 Å². The molecule has 7 nitrogen and oxygen atoms in total. The van der Waals surface area contributed by atoms with Crippen LogP contribution >= 0.6 is 0 Å². The lowest BCUT2D eigenvalue weighted by Gasteiger charge is -2.32. The second kappa shape index (κ2) is 8.41. The molecular formula is C21H29N5O2. The highest BCUT2D eigenvalue weighted by Gasteiger charge is 2.26. The van der Waals surface area contributed by atoms with Crippen LogP contribution in [0, 0.1) is 6.92 Å². The molecule has 0 radical (unpaired) electrons. The van der Waals surface area contributed by atoms with Crippen molar-refractivity contribution in [1.29, 1.82) is 0 Å². The van der Waals surface area contributed by atoms with Gasteiger partial charge in [0.1, 0.15) is 5.69 Å². The van der Waals surface area contributed by atoms with Crippen molar-refractivity contribution in [3.8, 4) is 0 Å². The van der Waals surface area contributed by atoms with Crippen molar-refractivity contribution >= 4 is 5.91 Å². The van der Waals surface area contributed by atoms with Crippen molar-refractivity contribution < 1.29 is 9.53 Å². The van der Waals surface area contributed by atoms with E-state index in [0.29, 0.717) is 12.3 Å². The fraction of sp³-hybridized carbons (Fsp3) is 0.571. The summed E-state index contributed by atoms with van der Waals surface area (Å²) in [5, 5.41) is 8.01. The molecule has 0 saturated carbocycles. The Bertz CT molecular complexity index is 847. The number of carbonyl (C=O) groups excluding carboxylic acids is 1. The maximum atomic E-state index is 12.5. The minimum Gasteiger partial charge on any atom is -0.376 e. The maximum absolute atomic E-state index is 12.5. The van der Waals surface area contributed by atoms with E-state index in [9.17, 15) is 4.79 Å². The smallest absolute Gasteiger partial charge is 0.270 e. The third-order valence-electron chi connectivity index (χ3n) is 5.61. The van der Waals surface area contributed by atoms with Gasteiger partial charge in [0.05, 0.1) is 18.9 Å². The molecule has 2 aromatic heterocycles. The van der Waals surface area contributed by atoms with Crippen molar-refractivity contribution in [3.63, 3.8) is 0 Å². The van der Waals surface area contributed by atoms with Gasteiger partial charge in [-0.05, 0) is 45.4 Å². The summed E-state index contributed by atoms with van der Waals surface area (Å²) in [5.74, 6) is -0.0865. The number of nitrogens with one attached hydrogen (secondary N) is 1. The van der Waals surface area contributed by atoms with Crippen LogP contribution in [-0.4, -0.2) is 51.3 Å². The van der Waals surface area contributed by atoms with E-state index in [1.165, 1.54) is 11.3 Å². The van der Waals surface area contributed by atoms with Crippen molar-refractivity contribution in [2.24, 2.45) is 0 Å². The first-order valence-electron chi connectivity index (χ1n) is 10.3. The number of rotatable bonds is 5. The van der Waals surface area contributed by atoms with E-state index < -0.39 is 0 Å². The standard InChI is InChI=1S/C21H29N5O2/c1-3-26-20-9-11-28-14-17(20)19(24-26)13-25-10-5-7-16(12-25)23-21(27)18-8-4-6-15(2)22-18/h4,6,8,16H,3,5,7,9-14H2,1-2H3,(H,23,27). The Kier molecular flexibility index (Phi) is 5.73. The molecule has 28 heavy (non-hydrogen) atoms. The van der Waals surface area contributed by atoms with Crippen molar-refractivity contribution in [2.75, 3.05) is 19.7 Å². The van der Waals surface area contributed by atoms with Crippen LogP contribution in [-0.2, 0) is 30.9 Å². The number of fused-ring (bicyclic) bond motifs is 1. The van der Waals surface area contributed by atoms with Crippen LogP contribution in [0.4, 0.5) is 0 Å². The summed E-state index contributed by atoms with van der Waals surface area (Å²) in [6.45, 7) is 9.06. The summed E-state index contributed by atoms with van der Waals surface area (Å²) in [6, 6.07) is 5.69. The van der Waals surface area contributed by atoms with E-state index in [0.717, 1.165) is 63.4 Å². The Hall–Kier alpha value is -2.25. The van der Waals surface area contributed by atoms with Gasteiger partial charge in [0, 0.05) is 49.0 Å². The second-order valence-electron chi connectivity index (χ2n) is 7.70. The molecule has 4 rings (SSSR count). The molecule has 7 heteroatoms. The first-order chi connectivity index (χ1) is 13.6. The van der Waals surface area contributed by atoms with Crippen molar-refractivity contribution in [1.82, 2.24) is 25.0 Å². The lowest BCUT2D eigenvalue weighted by Crippen LogP contribution is -2.47. The zero-order valence-electron chi connectivity index (χ0n) is 16.8. The van der Waals surface area contributed by atoms with Gasteiger partial charge in [-0.1, -0.05) is 6.07 Å². The molecule has 0 bridgehead atoms. The number of amides is 1. The van der Waals surface area contributed by atoms with Gasteiger partial charge in [-0.2, -0.15) is 5.10 Å². The van der Waals surface area contributed by atoms with E-state index in [-0.39, 0.29) is 11.9 Å². The molecule has 1 unspecified atom stereocenters. The fourth-order valence-corrected chi connectivity index (χ4v) is 4.22. The minimum atomic E-state index is -0.0865. The first-order valence-corrected chi connectivity index (χ1v) is 10.3. The number of likely N-dealkylation sites (tertiary alicyclic amines) is 1. The van der Waals surface area contributed by atoms with E-state index in [1.807, 2.05) is 19.1 Å². The lowest BCUT2D eigenvalue weighted by molar-refractivity contribution is 0.0893. The molecule has 1 N–H and O–H groups in total. The quantitative estimate of drug-likeness (QED) is 0.856. The largest absolute Gasteiger partial charge is 0.376 e. The molecule has 1 fully saturated rings. The predicted octanol–water partition coefficient (Wildman–Crippen LogP) is 2.07. The third-order valence-corrected chi connectivity index (χ3v) is 5.61. The Balaban J connectivity index is 1.40. The molecule has 0 aliphatic carbocycles. The topological polar surface area (TPSA) is 72.3 Å². The average molecular weight is 383 g/mol. The Morgan fingerprint density at radius 2 is 2.29 bits per heavy atom. The lowest BCUT2D eigenvalue weighted by atomic mass is 10.0. The van der Waals surface area contributed by atoms with Gasteiger partial charge in [0.15, 0.2) is 0 Å². The van der Waals surface area contributed by atoms with Crippen LogP contribution in [0.25, 0.3) is 0 Å². The molecule has 1 saturated heterocycles. The normalized spacial score (nSPS) is 20.0. The summed E-state index contributed by atoms with van der Waals surface area (Å²) >= 11 is 0. The second-order valence-corrected chi connectivity index (χ2v) is 7.70. The predicted molar refractivity (Wildman–Crippen MR) is 106 cm³/mol. The molecule has 0 aromatic carbocycles. The highest BCUT2D eigenvalue weighted by Crippen LogP contribution is 2.23. The molecule has 150 valence electrons. The number of aryl methyl sites for hydroxylation is 2. The van der Waals surface area contributed by atoms with Crippen LogP contribution in [0.5, 0.6) is 0 Å². The SMILES string of the molecule is CCn1nc(CN2CCCC(NC(=O)c3cccc(C)n3)C2)c2c1CCOC2. The van der Waals surface area contributed by atoms with Crippen molar-refractivity contribution in [3.05, 3.63) is 46.5 Å². The monoisotopic (exact) mass is 383 g/mol. The van der Waals surface area contributed by atoms with E-state index in [4.69, 9.17) is 9.84 Å². The molecule has 2 aliphatic rings.